The van der Waals surface area contributed by atoms with Crippen molar-refractivity contribution < 1.29 is 19.0 Å². The maximum Gasteiger partial charge on any atom is 0.282 e. The maximum absolute atomic E-state index is 13.7. The summed E-state index contributed by atoms with van der Waals surface area (Å²) >= 11 is 0. The summed E-state index contributed by atoms with van der Waals surface area (Å²) < 4.78 is 20.1. The fourth-order valence-corrected chi connectivity index (χ4v) is 6.81. The number of carbonyl (C=O) groups excluding carboxylic acids is 1. The van der Waals surface area contributed by atoms with Crippen molar-refractivity contribution in [2.24, 2.45) is 0 Å². The van der Waals surface area contributed by atoms with E-state index >= 15 is 0 Å². The summed E-state index contributed by atoms with van der Waals surface area (Å²) in [7, 11) is 2.09. The Labute approximate surface area is 251 Å². The third-order valence-corrected chi connectivity index (χ3v) is 9.11. The number of ether oxygens (including phenoxy) is 1. The lowest BCUT2D eigenvalue weighted by Gasteiger charge is -2.42. The topological polar surface area (TPSA) is 96.2 Å². The minimum atomic E-state index is -0.962. The molecule has 9 nitrogen and oxygen atoms in total. The average molecular weight is 585 g/mol. The first kappa shape index (κ1) is 28.7. The first-order valence-corrected chi connectivity index (χ1v) is 14.9. The number of phenols is 1. The number of hydrogen-bond donors (Lipinski definition) is 1. The Balaban J connectivity index is 1.38. The van der Waals surface area contributed by atoms with Crippen LogP contribution in [0.15, 0.2) is 48.8 Å². The number of aromatic nitrogens is 1. The van der Waals surface area contributed by atoms with Crippen LogP contribution in [-0.2, 0) is 17.8 Å². The summed E-state index contributed by atoms with van der Waals surface area (Å²) in [4.78, 5) is 25.6. The molecule has 2 atom stereocenters. The molecule has 6 rings (SSSR count). The predicted molar refractivity (Wildman–Crippen MR) is 164 cm³/mol. The molecular weight excluding hydrogens is 547 g/mol. The third-order valence-electron chi connectivity index (χ3n) is 9.11. The molecule has 1 N–H and O–H groups in total. The van der Waals surface area contributed by atoms with Gasteiger partial charge in [-0.3, -0.25) is 4.79 Å². The lowest BCUT2D eigenvalue weighted by molar-refractivity contribution is -0.131. The quantitative estimate of drug-likeness (QED) is 0.427. The molecule has 0 bridgehead atoms. The minimum Gasteiger partial charge on any atom is -0.508 e. The summed E-state index contributed by atoms with van der Waals surface area (Å²) in [5.74, 6) is -1.08. The summed E-state index contributed by atoms with van der Waals surface area (Å²) in [5.41, 5.74) is 4.14. The van der Waals surface area contributed by atoms with Crippen molar-refractivity contribution in [3.05, 3.63) is 65.6 Å². The summed E-state index contributed by atoms with van der Waals surface area (Å²) in [6.45, 7) is 9.02. The van der Waals surface area contributed by atoms with E-state index in [0.29, 0.717) is 50.7 Å². The number of halogens is 1. The molecule has 0 saturated carbocycles. The predicted octanol–water partition coefficient (Wildman–Crippen LogP) is 4.37. The molecular formula is C33H37FN6O3. The number of fused-ring (bicyclic) bond motifs is 2. The Morgan fingerprint density at radius 2 is 2.05 bits per heavy atom. The number of nitriles is 1. The number of carbonyl (C=O) groups is 1. The van der Waals surface area contributed by atoms with Gasteiger partial charge in [0.1, 0.15) is 24.0 Å². The van der Waals surface area contributed by atoms with Gasteiger partial charge in [-0.15, -0.1) is 0 Å². The van der Waals surface area contributed by atoms with Crippen LogP contribution in [0.2, 0.25) is 0 Å². The van der Waals surface area contributed by atoms with E-state index in [-0.39, 0.29) is 17.8 Å². The van der Waals surface area contributed by atoms with Gasteiger partial charge in [0.15, 0.2) is 5.83 Å². The number of aromatic hydroxyl groups is 1. The molecule has 0 aliphatic carbocycles. The molecule has 4 heterocycles. The molecule has 3 aliphatic rings. The standard InChI is InChI=1S/C33H37FN6O3/c1-21-18-39(14-15-40(21)33(42)22(2)34)31-27-11-13-38(30-8-4-6-23-16-25(41)9-10-26(23)30)19-29(27)36-32(28(31)17-35)43-20-24-7-5-12-37(24)3/h4,6,8-10,16,21,24,41H,2,5,7,11-15,18-20H2,1,3H3/t21-,24-/m0/s1. The molecule has 0 unspecified atom stereocenters. The van der Waals surface area contributed by atoms with Crippen LogP contribution < -0.4 is 14.5 Å². The molecule has 3 aromatic rings. The van der Waals surface area contributed by atoms with E-state index in [1.165, 1.54) is 4.90 Å². The fraction of sp³-hybridized carbons (Fsp3) is 0.424. The Morgan fingerprint density at radius 1 is 1.21 bits per heavy atom. The molecule has 2 fully saturated rings. The number of hydrogen-bond acceptors (Lipinski definition) is 8. The molecule has 224 valence electrons. The molecule has 1 aromatic heterocycles. The molecule has 1 amide bonds. The van der Waals surface area contributed by atoms with E-state index in [1.54, 1.807) is 12.1 Å². The van der Waals surface area contributed by atoms with Gasteiger partial charge in [0, 0.05) is 54.9 Å². The van der Waals surface area contributed by atoms with Crippen molar-refractivity contribution in [3.8, 4) is 17.7 Å². The highest BCUT2D eigenvalue weighted by molar-refractivity contribution is 5.95. The largest absolute Gasteiger partial charge is 0.508 e. The Morgan fingerprint density at radius 3 is 2.77 bits per heavy atom. The van der Waals surface area contributed by atoms with Crippen LogP contribution in [-0.4, -0.2) is 84.3 Å². The lowest BCUT2D eigenvalue weighted by atomic mass is 9.96. The number of rotatable bonds is 6. The van der Waals surface area contributed by atoms with Crippen molar-refractivity contribution in [1.82, 2.24) is 14.8 Å². The van der Waals surface area contributed by atoms with E-state index in [4.69, 9.17) is 9.72 Å². The van der Waals surface area contributed by atoms with Gasteiger partial charge in [0.2, 0.25) is 5.88 Å². The molecule has 43 heavy (non-hydrogen) atoms. The van der Waals surface area contributed by atoms with Gasteiger partial charge in [-0.25, -0.2) is 9.37 Å². The van der Waals surface area contributed by atoms with E-state index in [0.717, 1.165) is 59.3 Å². The summed E-state index contributed by atoms with van der Waals surface area (Å²) in [5, 5.41) is 22.5. The van der Waals surface area contributed by atoms with Crippen LogP contribution in [0.4, 0.5) is 15.8 Å². The minimum absolute atomic E-state index is 0.227. The Kier molecular flexibility index (Phi) is 7.84. The van der Waals surface area contributed by atoms with Gasteiger partial charge < -0.3 is 29.4 Å². The van der Waals surface area contributed by atoms with Crippen molar-refractivity contribution in [3.63, 3.8) is 0 Å². The first-order chi connectivity index (χ1) is 20.7. The van der Waals surface area contributed by atoms with Crippen LogP contribution in [0.1, 0.15) is 36.6 Å². The van der Waals surface area contributed by atoms with Crippen molar-refractivity contribution in [2.45, 2.75) is 44.8 Å². The van der Waals surface area contributed by atoms with Gasteiger partial charge >= 0.3 is 0 Å². The Hall–Kier alpha value is -4.36. The SMILES string of the molecule is C=C(F)C(=O)N1CCN(c2c(C#N)c(OC[C@@H]3CCCN3C)nc3c2CCN(c2cccc4cc(O)ccc24)C3)C[C@@H]1C. The van der Waals surface area contributed by atoms with Crippen LogP contribution in [0, 0.1) is 11.3 Å². The average Bonchev–Trinajstić information content (AvgIpc) is 3.42. The monoisotopic (exact) mass is 584 g/mol. The third kappa shape index (κ3) is 5.45. The highest BCUT2D eigenvalue weighted by Crippen LogP contribution is 2.40. The van der Waals surface area contributed by atoms with Gasteiger partial charge in [-0.05, 0) is 69.4 Å². The normalized spacial score (nSPS) is 20.7. The van der Waals surface area contributed by atoms with E-state index in [2.05, 4.69) is 40.5 Å². The highest BCUT2D eigenvalue weighted by atomic mass is 19.1. The molecule has 3 aliphatic heterocycles. The van der Waals surface area contributed by atoms with Crippen molar-refractivity contribution in [2.75, 3.05) is 56.2 Å². The van der Waals surface area contributed by atoms with Crippen LogP contribution in [0.5, 0.6) is 11.6 Å². The zero-order valence-corrected chi connectivity index (χ0v) is 24.7. The van der Waals surface area contributed by atoms with E-state index < -0.39 is 11.7 Å². The second kappa shape index (κ2) is 11.7. The van der Waals surface area contributed by atoms with E-state index in [1.807, 2.05) is 25.1 Å². The number of nitrogens with zero attached hydrogens (tertiary/aromatic N) is 6. The molecule has 0 radical (unpaired) electrons. The zero-order valence-electron chi connectivity index (χ0n) is 24.7. The number of anilines is 2. The molecule has 0 spiro atoms. The first-order valence-electron chi connectivity index (χ1n) is 14.9. The second-order valence-electron chi connectivity index (χ2n) is 11.8. The van der Waals surface area contributed by atoms with Crippen LogP contribution in [0.3, 0.4) is 0 Å². The smallest absolute Gasteiger partial charge is 0.282 e. The zero-order chi connectivity index (χ0) is 30.2. The number of phenolic OH excluding ortho intramolecular Hbond substituents is 1. The molecule has 2 saturated heterocycles. The van der Waals surface area contributed by atoms with Crippen LogP contribution in [0.25, 0.3) is 10.8 Å². The number of pyridine rings is 1. The summed E-state index contributed by atoms with van der Waals surface area (Å²) in [6.07, 6.45) is 2.82. The lowest BCUT2D eigenvalue weighted by Crippen LogP contribution is -2.54. The maximum atomic E-state index is 13.7. The Bertz CT molecular complexity index is 1620. The number of piperazine rings is 1. The van der Waals surface area contributed by atoms with Gasteiger partial charge in [-0.2, -0.15) is 5.26 Å². The summed E-state index contributed by atoms with van der Waals surface area (Å²) in [6, 6.07) is 13.9. The van der Waals surface area contributed by atoms with Gasteiger partial charge in [0.25, 0.3) is 5.91 Å². The number of likely N-dealkylation sites (tertiary alicyclic amines) is 1. The van der Waals surface area contributed by atoms with Gasteiger partial charge in [0.05, 0.1) is 17.9 Å². The number of likely N-dealkylation sites (N-methyl/N-ethyl adjacent to an activating group) is 1. The highest BCUT2D eigenvalue weighted by Gasteiger charge is 2.35. The molecule has 10 heteroatoms. The van der Waals surface area contributed by atoms with Crippen molar-refractivity contribution >= 4 is 28.1 Å². The number of amides is 1. The van der Waals surface area contributed by atoms with Crippen molar-refractivity contribution in [1.29, 1.82) is 5.26 Å². The van der Waals surface area contributed by atoms with Crippen LogP contribution >= 0.6 is 0 Å². The van der Waals surface area contributed by atoms with Gasteiger partial charge in [-0.1, -0.05) is 18.7 Å². The second-order valence-corrected chi connectivity index (χ2v) is 11.8. The fourth-order valence-electron chi connectivity index (χ4n) is 6.81. The van der Waals surface area contributed by atoms with E-state index in [9.17, 15) is 19.6 Å². The molecule has 2 aromatic carbocycles. The number of benzene rings is 2.